The Morgan fingerprint density at radius 1 is 1.53 bits per heavy atom. The van der Waals surface area contributed by atoms with Gasteiger partial charge in [0.2, 0.25) is 0 Å². The molecule has 0 bridgehead atoms. The van der Waals surface area contributed by atoms with Gasteiger partial charge in [0, 0.05) is 31.9 Å². The van der Waals surface area contributed by atoms with Crippen molar-refractivity contribution in [2.45, 2.75) is 51.5 Å². The van der Waals surface area contributed by atoms with E-state index in [-0.39, 0.29) is 0 Å². The molecule has 0 amide bonds. The quantitative estimate of drug-likeness (QED) is 0.787. The smallest absolute Gasteiger partial charge is 0.108 e. The van der Waals surface area contributed by atoms with Gasteiger partial charge in [0.15, 0.2) is 0 Å². The van der Waals surface area contributed by atoms with Gasteiger partial charge in [-0.25, -0.2) is 4.98 Å². The second kappa shape index (κ2) is 6.20. The first kappa shape index (κ1) is 12.6. The van der Waals surface area contributed by atoms with Crippen LogP contribution in [0.1, 0.15) is 44.9 Å². The Labute approximate surface area is 105 Å². The lowest BCUT2D eigenvalue weighted by atomic mass is 9.80. The Balaban J connectivity index is 1.78. The second-order valence-corrected chi connectivity index (χ2v) is 5.28. The maximum absolute atomic E-state index is 4.40. The summed E-state index contributed by atoms with van der Waals surface area (Å²) in [6, 6.07) is 0.682. The zero-order valence-corrected chi connectivity index (χ0v) is 11.2. The fraction of sp³-hybridized carbons (Fsp3) is 0.786. The van der Waals surface area contributed by atoms with Crippen molar-refractivity contribution in [1.82, 2.24) is 14.9 Å². The van der Waals surface area contributed by atoms with E-state index in [1.54, 1.807) is 0 Å². The molecule has 3 heteroatoms. The number of hydrogen-bond donors (Lipinski definition) is 1. The fourth-order valence-electron chi connectivity index (χ4n) is 2.66. The third-order valence-electron chi connectivity index (χ3n) is 3.97. The number of nitrogens with zero attached hydrogens (tertiary/aromatic N) is 2. The van der Waals surface area contributed by atoms with Gasteiger partial charge in [-0.2, -0.15) is 0 Å². The predicted molar refractivity (Wildman–Crippen MR) is 71.0 cm³/mol. The largest absolute Gasteiger partial charge is 0.338 e. The standard InChI is InChI=1S/C14H25N3/c1-3-15-13(11-12-5-4-6-12)7-8-14-16-9-10-17(14)2/h9-10,12-13,15H,3-8,11H2,1-2H3. The van der Waals surface area contributed by atoms with Crippen molar-refractivity contribution in [3.63, 3.8) is 0 Å². The molecule has 1 aliphatic carbocycles. The van der Waals surface area contributed by atoms with E-state index in [0.29, 0.717) is 6.04 Å². The monoisotopic (exact) mass is 235 g/mol. The van der Waals surface area contributed by atoms with Crippen molar-refractivity contribution in [3.8, 4) is 0 Å². The Morgan fingerprint density at radius 2 is 2.35 bits per heavy atom. The molecule has 1 aliphatic rings. The molecule has 1 fully saturated rings. The predicted octanol–water partition coefficient (Wildman–Crippen LogP) is 2.52. The van der Waals surface area contributed by atoms with Crippen LogP contribution >= 0.6 is 0 Å². The van der Waals surface area contributed by atoms with Gasteiger partial charge >= 0.3 is 0 Å². The average molecular weight is 235 g/mol. The lowest BCUT2D eigenvalue weighted by Crippen LogP contribution is -2.33. The molecule has 1 aromatic rings. The van der Waals surface area contributed by atoms with Crippen LogP contribution in [0.15, 0.2) is 12.4 Å². The third kappa shape index (κ3) is 3.56. The molecule has 3 nitrogen and oxygen atoms in total. The minimum atomic E-state index is 0.682. The first-order valence-corrected chi connectivity index (χ1v) is 6.99. The molecule has 1 saturated carbocycles. The van der Waals surface area contributed by atoms with Crippen molar-refractivity contribution in [2.75, 3.05) is 6.54 Å². The number of rotatable bonds is 7. The Kier molecular flexibility index (Phi) is 4.60. The molecule has 0 saturated heterocycles. The highest BCUT2D eigenvalue weighted by Crippen LogP contribution is 2.31. The fourth-order valence-corrected chi connectivity index (χ4v) is 2.66. The lowest BCUT2D eigenvalue weighted by molar-refractivity contribution is 0.255. The molecule has 0 aliphatic heterocycles. The van der Waals surface area contributed by atoms with Crippen molar-refractivity contribution < 1.29 is 0 Å². The number of aromatic nitrogens is 2. The molecular formula is C14H25N3. The molecule has 17 heavy (non-hydrogen) atoms. The van der Waals surface area contributed by atoms with Crippen molar-refractivity contribution in [1.29, 1.82) is 0 Å². The van der Waals surface area contributed by atoms with E-state index in [1.165, 1.54) is 37.9 Å². The molecule has 0 spiro atoms. The second-order valence-electron chi connectivity index (χ2n) is 5.28. The molecule has 1 heterocycles. The molecule has 96 valence electrons. The van der Waals surface area contributed by atoms with Crippen LogP contribution in [0.2, 0.25) is 0 Å². The van der Waals surface area contributed by atoms with Crippen LogP contribution in [0.4, 0.5) is 0 Å². The van der Waals surface area contributed by atoms with Gasteiger partial charge in [0.25, 0.3) is 0 Å². The van der Waals surface area contributed by atoms with Crippen molar-refractivity contribution >= 4 is 0 Å². The summed E-state index contributed by atoms with van der Waals surface area (Å²) in [6.07, 6.45) is 11.9. The average Bonchev–Trinajstić information content (AvgIpc) is 2.66. The molecular weight excluding hydrogens is 210 g/mol. The van der Waals surface area contributed by atoms with Crippen LogP contribution in [-0.4, -0.2) is 22.1 Å². The summed E-state index contributed by atoms with van der Waals surface area (Å²) in [5.41, 5.74) is 0. The van der Waals surface area contributed by atoms with Crippen LogP contribution in [0.25, 0.3) is 0 Å². The first-order chi connectivity index (χ1) is 8.29. The maximum Gasteiger partial charge on any atom is 0.108 e. The highest BCUT2D eigenvalue weighted by molar-refractivity contribution is 4.92. The van der Waals surface area contributed by atoms with Crippen LogP contribution in [-0.2, 0) is 13.5 Å². The van der Waals surface area contributed by atoms with Crippen LogP contribution in [0, 0.1) is 5.92 Å². The lowest BCUT2D eigenvalue weighted by Gasteiger charge is -2.30. The van der Waals surface area contributed by atoms with Crippen LogP contribution in [0.5, 0.6) is 0 Å². The molecule has 1 aromatic heterocycles. The van der Waals surface area contributed by atoms with E-state index in [2.05, 4.69) is 28.8 Å². The number of hydrogen-bond acceptors (Lipinski definition) is 2. The van der Waals surface area contributed by atoms with Gasteiger partial charge in [-0.05, 0) is 25.3 Å². The maximum atomic E-state index is 4.40. The summed E-state index contributed by atoms with van der Waals surface area (Å²) in [6.45, 7) is 3.28. The normalized spacial score (nSPS) is 18.0. The SMILES string of the molecule is CCNC(CCc1nccn1C)CC1CCC1. The van der Waals surface area contributed by atoms with E-state index >= 15 is 0 Å². The molecule has 1 N–H and O–H groups in total. The van der Waals surface area contributed by atoms with E-state index < -0.39 is 0 Å². The topological polar surface area (TPSA) is 29.9 Å². The van der Waals surface area contributed by atoms with E-state index in [4.69, 9.17) is 0 Å². The first-order valence-electron chi connectivity index (χ1n) is 6.99. The zero-order chi connectivity index (χ0) is 12.1. The van der Waals surface area contributed by atoms with Gasteiger partial charge in [-0.15, -0.1) is 0 Å². The number of aryl methyl sites for hydroxylation is 2. The van der Waals surface area contributed by atoms with E-state index in [9.17, 15) is 0 Å². The van der Waals surface area contributed by atoms with Gasteiger partial charge in [-0.3, -0.25) is 0 Å². The van der Waals surface area contributed by atoms with Gasteiger partial charge < -0.3 is 9.88 Å². The minimum absolute atomic E-state index is 0.682. The summed E-state index contributed by atoms with van der Waals surface area (Å²) in [5.74, 6) is 2.20. The number of nitrogens with one attached hydrogen (secondary N) is 1. The van der Waals surface area contributed by atoms with E-state index in [0.717, 1.165) is 18.9 Å². The molecule has 0 radical (unpaired) electrons. The zero-order valence-electron chi connectivity index (χ0n) is 11.2. The van der Waals surface area contributed by atoms with E-state index in [1.807, 2.05) is 12.4 Å². The molecule has 1 atom stereocenters. The number of imidazole rings is 1. The van der Waals surface area contributed by atoms with Gasteiger partial charge in [0.05, 0.1) is 0 Å². The molecule has 0 aromatic carbocycles. The molecule has 2 rings (SSSR count). The highest BCUT2D eigenvalue weighted by Gasteiger charge is 2.21. The van der Waals surface area contributed by atoms with Gasteiger partial charge in [0.1, 0.15) is 5.82 Å². The summed E-state index contributed by atoms with van der Waals surface area (Å²) in [7, 11) is 2.08. The summed E-state index contributed by atoms with van der Waals surface area (Å²) >= 11 is 0. The van der Waals surface area contributed by atoms with Gasteiger partial charge in [-0.1, -0.05) is 26.2 Å². The Bertz CT molecular complexity index is 328. The Morgan fingerprint density at radius 3 is 2.88 bits per heavy atom. The minimum Gasteiger partial charge on any atom is -0.338 e. The highest BCUT2D eigenvalue weighted by atomic mass is 15.0. The molecule has 1 unspecified atom stereocenters. The van der Waals surface area contributed by atoms with Crippen LogP contribution in [0.3, 0.4) is 0 Å². The van der Waals surface area contributed by atoms with Crippen molar-refractivity contribution in [2.24, 2.45) is 13.0 Å². The third-order valence-corrected chi connectivity index (χ3v) is 3.97. The Hall–Kier alpha value is -0.830. The summed E-state index contributed by atoms with van der Waals surface area (Å²) < 4.78 is 2.13. The summed E-state index contributed by atoms with van der Waals surface area (Å²) in [5, 5.41) is 3.63. The van der Waals surface area contributed by atoms with Crippen molar-refractivity contribution in [3.05, 3.63) is 18.2 Å². The van der Waals surface area contributed by atoms with Crippen LogP contribution < -0.4 is 5.32 Å². The summed E-state index contributed by atoms with van der Waals surface area (Å²) in [4.78, 5) is 4.40.